The predicted octanol–water partition coefficient (Wildman–Crippen LogP) is 5.22. The number of thiophene rings is 1. The van der Waals surface area contributed by atoms with Gasteiger partial charge in [0.2, 0.25) is 0 Å². The van der Waals surface area contributed by atoms with Gasteiger partial charge in [-0.3, -0.25) is 0 Å². The first-order valence-electron chi connectivity index (χ1n) is 8.16. The van der Waals surface area contributed by atoms with E-state index in [4.69, 9.17) is 0 Å². The van der Waals surface area contributed by atoms with E-state index in [1.807, 2.05) is 11.3 Å². The van der Waals surface area contributed by atoms with Crippen LogP contribution >= 0.6 is 11.3 Å². The van der Waals surface area contributed by atoms with Crippen LogP contribution in [-0.4, -0.2) is 6.54 Å². The van der Waals surface area contributed by atoms with Crippen molar-refractivity contribution in [3.8, 4) is 0 Å². The van der Waals surface area contributed by atoms with Crippen LogP contribution in [0, 0.1) is 6.92 Å². The Morgan fingerprint density at radius 3 is 2.90 bits per heavy atom. The SMILES string of the molecule is CCCNC(c1ccsc1C)C1CCCc2ccccc21. The van der Waals surface area contributed by atoms with Gasteiger partial charge in [-0.15, -0.1) is 11.3 Å². The van der Waals surface area contributed by atoms with Gasteiger partial charge in [-0.05, 0) is 67.3 Å². The smallest absolute Gasteiger partial charge is 0.0400 e. The lowest BCUT2D eigenvalue weighted by Crippen LogP contribution is -2.30. The lowest BCUT2D eigenvalue weighted by Gasteiger charge is -2.33. The lowest BCUT2D eigenvalue weighted by molar-refractivity contribution is 0.401. The van der Waals surface area contributed by atoms with Crippen LogP contribution in [0.3, 0.4) is 0 Å². The van der Waals surface area contributed by atoms with E-state index in [-0.39, 0.29) is 0 Å². The minimum absolute atomic E-state index is 0.470. The van der Waals surface area contributed by atoms with E-state index in [1.54, 1.807) is 11.1 Å². The number of nitrogens with one attached hydrogen (secondary N) is 1. The third-order valence-electron chi connectivity index (χ3n) is 4.67. The highest BCUT2D eigenvalue weighted by molar-refractivity contribution is 7.10. The summed E-state index contributed by atoms with van der Waals surface area (Å²) < 4.78 is 0. The Morgan fingerprint density at radius 1 is 1.29 bits per heavy atom. The Morgan fingerprint density at radius 2 is 2.14 bits per heavy atom. The molecule has 21 heavy (non-hydrogen) atoms. The Kier molecular flexibility index (Phi) is 4.77. The maximum atomic E-state index is 3.83. The molecule has 0 fully saturated rings. The summed E-state index contributed by atoms with van der Waals surface area (Å²) in [6.45, 7) is 5.60. The van der Waals surface area contributed by atoms with Gasteiger partial charge < -0.3 is 5.32 Å². The molecule has 1 nitrogen and oxygen atoms in total. The molecule has 1 aliphatic carbocycles. The zero-order valence-electron chi connectivity index (χ0n) is 13.1. The van der Waals surface area contributed by atoms with Crippen molar-refractivity contribution in [1.29, 1.82) is 0 Å². The Hall–Kier alpha value is -1.12. The summed E-state index contributed by atoms with van der Waals surface area (Å²) in [6.07, 6.45) is 5.05. The zero-order valence-corrected chi connectivity index (χ0v) is 13.9. The molecule has 1 N–H and O–H groups in total. The predicted molar refractivity (Wildman–Crippen MR) is 92.2 cm³/mol. The van der Waals surface area contributed by atoms with Crippen molar-refractivity contribution in [2.24, 2.45) is 0 Å². The van der Waals surface area contributed by atoms with Crippen LogP contribution in [0.25, 0.3) is 0 Å². The van der Waals surface area contributed by atoms with Gasteiger partial charge in [0.05, 0.1) is 0 Å². The zero-order chi connectivity index (χ0) is 14.7. The second kappa shape index (κ2) is 6.76. The number of aryl methyl sites for hydroxylation is 2. The molecular formula is C19H25NS. The van der Waals surface area contributed by atoms with E-state index >= 15 is 0 Å². The van der Waals surface area contributed by atoms with Gasteiger partial charge in [-0.1, -0.05) is 31.2 Å². The van der Waals surface area contributed by atoms with Gasteiger partial charge in [0.15, 0.2) is 0 Å². The molecular weight excluding hydrogens is 274 g/mol. The molecule has 0 spiro atoms. The quantitative estimate of drug-likeness (QED) is 0.798. The van der Waals surface area contributed by atoms with Crippen molar-refractivity contribution in [2.75, 3.05) is 6.54 Å². The van der Waals surface area contributed by atoms with Gasteiger partial charge in [0.1, 0.15) is 0 Å². The molecule has 3 rings (SSSR count). The van der Waals surface area contributed by atoms with Crippen molar-refractivity contribution >= 4 is 11.3 Å². The molecule has 2 aromatic rings. The van der Waals surface area contributed by atoms with Gasteiger partial charge in [-0.25, -0.2) is 0 Å². The monoisotopic (exact) mass is 299 g/mol. The Labute approximate surface area is 132 Å². The summed E-state index contributed by atoms with van der Waals surface area (Å²) in [5.41, 5.74) is 4.64. The van der Waals surface area contributed by atoms with Crippen LogP contribution < -0.4 is 5.32 Å². The van der Waals surface area contributed by atoms with E-state index in [2.05, 4.69) is 54.9 Å². The van der Waals surface area contributed by atoms with Crippen LogP contribution in [0.5, 0.6) is 0 Å². The van der Waals surface area contributed by atoms with E-state index in [0.717, 1.165) is 6.54 Å². The van der Waals surface area contributed by atoms with Crippen molar-refractivity contribution in [2.45, 2.75) is 51.5 Å². The van der Waals surface area contributed by atoms with Crippen molar-refractivity contribution in [3.05, 3.63) is 57.3 Å². The molecule has 1 heterocycles. The summed E-state index contributed by atoms with van der Waals surface area (Å²) in [6, 6.07) is 11.8. The average molecular weight is 299 g/mol. The molecule has 0 aliphatic heterocycles. The summed E-state index contributed by atoms with van der Waals surface area (Å²) in [4.78, 5) is 1.46. The maximum absolute atomic E-state index is 3.83. The summed E-state index contributed by atoms with van der Waals surface area (Å²) in [7, 11) is 0. The summed E-state index contributed by atoms with van der Waals surface area (Å²) in [5.74, 6) is 0.620. The molecule has 2 atom stereocenters. The fourth-order valence-electron chi connectivity index (χ4n) is 3.62. The highest BCUT2D eigenvalue weighted by Gasteiger charge is 2.29. The summed E-state index contributed by atoms with van der Waals surface area (Å²) >= 11 is 1.87. The van der Waals surface area contributed by atoms with Gasteiger partial charge >= 0.3 is 0 Å². The van der Waals surface area contributed by atoms with E-state index in [1.165, 1.54) is 36.1 Å². The van der Waals surface area contributed by atoms with Gasteiger partial charge in [0.25, 0.3) is 0 Å². The highest BCUT2D eigenvalue weighted by Crippen LogP contribution is 2.41. The molecule has 2 unspecified atom stereocenters. The molecule has 112 valence electrons. The second-order valence-electron chi connectivity index (χ2n) is 6.06. The highest BCUT2D eigenvalue weighted by atomic mass is 32.1. The number of hydrogen-bond acceptors (Lipinski definition) is 2. The minimum Gasteiger partial charge on any atom is -0.309 e. The molecule has 0 radical (unpaired) electrons. The minimum atomic E-state index is 0.470. The molecule has 0 amide bonds. The molecule has 2 heteroatoms. The topological polar surface area (TPSA) is 12.0 Å². The molecule has 0 saturated carbocycles. The first-order valence-corrected chi connectivity index (χ1v) is 9.04. The van der Waals surface area contributed by atoms with E-state index in [0.29, 0.717) is 12.0 Å². The van der Waals surface area contributed by atoms with E-state index in [9.17, 15) is 0 Å². The van der Waals surface area contributed by atoms with Crippen LogP contribution in [0.15, 0.2) is 35.7 Å². The lowest BCUT2D eigenvalue weighted by atomic mass is 9.77. The van der Waals surface area contributed by atoms with E-state index < -0.39 is 0 Å². The van der Waals surface area contributed by atoms with Crippen LogP contribution in [0.1, 0.15) is 59.7 Å². The van der Waals surface area contributed by atoms with Crippen molar-refractivity contribution in [1.82, 2.24) is 5.32 Å². The van der Waals surface area contributed by atoms with Crippen LogP contribution in [0.4, 0.5) is 0 Å². The Balaban J connectivity index is 1.96. The van der Waals surface area contributed by atoms with Crippen molar-refractivity contribution in [3.63, 3.8) is 0 Å². The van der Waals surface area contributed by atoms with Crippen LogP contribution in [0.2, 0.25) is 0 Å². The van der Waals surface area contributed by atoms with Crippen LogP contribution in [-0.2, 0) is 6.42 Å². The second-order valence-corrected chi connectivity index (χ2v) is 7.18. The molecule has 1 aliphatic rings. The van der Waals surface area contributed by atoms with Crippen molar-refractivity contribution < 1.29 is 0 Å². The first-order chi connectivity index (χ1) is 10.3. The third kappa shape index (κ3) is 3.07. The third-order valence-corrected chi connectivity index (χ3v) is 5.53. The largest absolute Gasteiger partial charge is 0.309 e. The fraction of sp³-hybridized carbons (Fsp3) is 0.474. The Bertz CT molecular complexity index is 587. The molecule has 1 aromatic carbocycles. The normalized spacial score (nSPS) is 19.2. The first kappa shape index (κ1) is 14.8. The summed E-state index contributed by atoms with van der Waals surface area (Å²) in [5, 5.41) is 6.07. The number of benzene rings is 1. The standard InChI is InChI=1S/C19H25NS/c1-3-12-20-19(16-11-13-21-14(16)2)18-10-6-8-15-7-4-5-9-17(15)18/h4-5,7,9,11,13,18-20H,3,6,8,10,12H2,1-2H3. The molecule has 1 aromatic heterocycles. The average Bonchev–Trinajstić information content (AvgIpc) is 2.94. The number of hydrogen-bond donors (Lipinski definition) is 1. The number of fused-ring (bicyclic) bond motifs is 1. The van der Waals surface area contributed by atoms with Gasteiger partial charge in [0, 0.05) is 16.8 Å². The fourth-order valence-corrected chi connectivity index (χ4v) is 4.37. The van der Waals surface area contributed by atoms with Gasteiger partial charge in [-0.2, -0.15) is 0 Å². The number of rotatable bonds is 5. The molecule has 0 saturated heterocycles. The maximum Gasteiger partial charge on any atom is 0.0400 e. The molecule has 0 bridgehead atoms.